The number of nitro benzene ring substituents is 1. The van der Waals surface area contributed by atoms with Crippen molar-refractivity contribution in [2.45, 2.75) is 12.8 Å². The van der Waals surface area contributed by atoms with Crippen molar-refractivity contribution in [1.82, 2.24) is 4.90 Å². The highest BCUT2D eigenvalue weighted by Crippen LogP contribution is 2.29. The van der Waals surface area contributed by atoms with Crippen LogP contribution in [0.4, 0.5) is 5.69 Å². The van der Waals surface area contributed by atoms with Crippen molar-refractivity contribution < 1.29 is 9.76 Å². The van der Waals surface area contributed by atoms with E-state index in [4.69, 9.17) is 4.84 Å². The van der Waals surface area contributed by atoms with Gasteiger partial charge in [-0.05, 0) is 31.0 Å². The maximum atomic E-state index is 11.2. The van der Waals surface area contributed by atoms with E-state index in [1.165, 1.54) is 6.07 Å². The summed E-state index contributed by atoms with van der Waals surface area (Å²) in [7, 11) is 0. The van der Waals surface area contributed by atoms with Gasteiger partial charge in [0.15, 0.2) is 5.71 Å². The Labute approximate surface area is 151 Å². The van der Waals surface area contributed by atoms with Gasteiger partial charge in [0.1, 0.15) is 6.07 Å². The van der Waals surface area contributed by atoms with Gasteiger partial charge >= 0.3 is 5.69 Å². The van der Waals surface area contributed by atoms with Crippen molar-refractivity contribution >= 4 is 11.4 Å². The number of nitrogens with zero attached hydrogens (tertiary/aromatic N) is 4. The van der Waals surface area contributed by atoms with Crippen molar-refractivity contribution in [3.8, 4) is 11.8 Å². The van der Waals surface area contributed by atoms with Crippen molar-refractivity contribution in [2.75, 3.05) is 19.6 Å². The third-order valence-electron chi connectivity index (χ3n) is 4.09. The molecule has 0 amide bonds. The second-order valence-electron chi connectivity index (χ2n) is 6.01. The lowest BCUT2D eigenvalue weighted by atomic mass is 10.1. The van der Waals surface area contributed by atoms with E-state index in [1.54, 1.807) is 36.4 Å². The predicted molar refractivity (Wildman–Crippen MR) is 97.1 cm³/mol. The first-order valence-corrected chi connectivity index (χ1v) is 8.37. The molecule has 132 valence electrons. The molecule has 0 aliphatic carbocycles. The van der Waals surface area contributed by atoms with Gasteiger partial charge in [-0.1, -0.05) is 41.6 Å². The predicted octanol–water partition coefficient (Wildman–Crippen LogP) is 3.15. The number of benzene rings is 2. The van der Waals surface area contributed by atoms with Crippen LogP contribution in [0.1, 0.15) is 17.5 Å². The van der Waals surface area contributed by atoms with Crippen LogP contribution >= 0.6 is 0 Å². The fraction of sp³-hybridized carbons (Fsp3) is 0.263. The maximum Gasteiger partial charge on any atom is 0.314 e. The van der Waals surface area contributed by atoms with Gasteiger partial charge in [-0.25, -0.2) is 0 Å². The number of hydrogen-bond donors (Lipinski definition) is 0. The van der Waals surface area contributed by atoms with E-state index >= 15 is 0 Å². The van der Waals surface area contributed by atoms with Crippen LogP contribution in [0.15, 0.2) is 53.7 Å². The van der Waals surface area contributed by atoms with E-state index < -0.39 is 4.92 Å². The molecule has 0 atom stereocenters. The number of aryl methyl sites for hydroxylation is 1. The third kappa shape index (κ3) is 4.65. The Kier molecular flexibility index (Phi) is 5.56. The minimum atomic E-state index is -0.515. The Morgan fingerprint density at radius 2 is 2.04 bits per heavy atom. The lowest BCUT2D eigenvalue weighted by Crippen LogP contribution is -2.03. The molecule has 1 aliphatic rings. The van der Waals surface area contributed by atoms with E-state index in [0.29, 0.717) is 5.56 Å². The molecule has 7 heteroatoms. The number of hydrogen-bond acceptors (Lipinski definition) is 6. The van der Waals surface area contributed by atoms with E-state index in [9.17, 15) is 15.4 Å². The number of rotatable bonds is 8. The molecular weight excluding hydrogens is 332 g/mol. The topological polar surface area (TPSA) is 91.5 Å². The van der Waals surface area contributed by atoms with Gasteiger partial charge in [0.25, 0.3) is 0 Å². The summed E-state index contributed by atoms with van der Waals surface area (Å²) in [4.78, 5) is 18.3. The Morgan fingerprint density at radius 3 is 2.69 bits per heavy atom. The summed E-state index contributed by atoms with van der Waals surface area (Å²) in [6.07, 6.45) is 1.78. The molecule has 0 bridgehead atoms. The molecule has 26 heavy (non-hydrogen) atoms. The van der Waals surface area contributed by atoms with Gasteiger partial charge in [-0.2, -0.15) is 5.26 Å². The first-order chi connectivity index (χ1) is 12.7. The molecular formula is C19H18N4O3. The Balaban J connectivity index is 1.78. The molecule has 0 radical (unpaired) electrons. The monoisotopic (exact) mass is 350 g/mol. The molecule has 1 fully saturated rings. The summed E-state index contributed by atoms with van der Waals surface area (Å²) in [5, 5.41) is 24.3. The van der Waals surface area contributed by atoms with Crippen molar-refractivity contribution in [3.05, 3.63) is 69.8 Å². The number of nitriles is 1. The first-order valence-electron chi connectivity index (χ1n) is 8.37. The van der Waals surface area contributed by atoms with Gasteiger partial charge in [0.2, 0.25) is 5.75 Å². The molecule has 3 rings (SSSR count). The molecule has 0 spiro atoms. The van der Waals surface area contributed by atoms with E-state index in [-0.39, 0.29) is 17.1 Å². The fourth-order valence-electron chi connectivity index (χ4n) is 2.57. The van der Waals surface area contributed by atoms with Crippen LogP contribution in [0.25, 0.3) is 0 Å². The normalized spacial score (nSPS) is 13.9. The summed E-state index contributed by atoms with van der Waals surface area (Å²) in [5.74, 6) is 0.0444. The third-order valence-corrected chi connectivity index (χ3v) is 4.09. The van der Waals surface area contributed by atoms with Crippen LogP contribution in [0.2, 0.25) is 0 Å². The van der Waals surface area contributed by atoms with Crippen molar-refractivity contribution in [1.29, 1.82) is 5.26 Å². The lowest BCUT2D eigenvalue weighted by molar-refractivity contribution is -0.385. The lowest BCUT2D eigenvalue weighted by Gasteiger charge is -2.06. The molecule has 1 saturated heterocycles. The van der Waals surface area contributed by atoms with Gasteiger partial charge < -0.3 is 9.74 Å². The van der Waals surface area contributed by atoms with Gasteiger partial charge in [0.05, 0.1) is 4.92 Å². The smallest absolute Gasteiger partial charge is 0.314 e. The first kappa shape index (κ1) is 17.6. The summed E-state index contributed by atoms with van der Waals surface area (Å²) >= 11 is 0. The highest BCUT2D eigenvalue weighted by molar-refractivity contribution is 6.11. The van der Waals surface area contributed by atoms with E-state index in [1.807, 2.05) is 12.1 Å². The molecule has 0 unspecified atom stereocenters. The molecule has 2 aromatic carbocycles. The van der Waals surface area contributed by atoms with Crippen molar-refractivity contribution in [3.63, 3.8) is 0 Å². The summed E-state index contributed by atoms with van der Waals surface area (Å²) < 4.78 is 0. The zero-order valence-corrected chi connectivity index (χ0v) is 14.2. The molecule has 7 nitrogen and oxygen atoms in total. The van der Waals surface area contributed by atoms with Gasteiger partial charge in [0, 0.05) is 24.7 Å². The second kappa shape index (κ2) is 8.23. The van der Waals surface area contributed by atoms with E-state index in [0.717, 1.165) is 38.0 Å². The summed E-state index contributed by atoms with van der Waals surface area (Å²) in [6, 6.07) is 15.6. The minimum Gasteiger partial charge on any atom is -0.348 e. The Bertz CT molecular complexity index is 855. The number of nitro groups is 1. The SMILES string of the molecule is N#C/C(=N\Oc1cc(CCCN2CC2)ccc1[N+](=O)[O-])c1ccccc1. The molecule has 0 N–H and O–H groups in total. The van der Waals surface area contributed by atoms with Crippen LogP contribution in [0, 0.1) is 21.4 Å². The second-order valence-corrected chi connectivity index (χ2v) is 6.01. The zero-order valence-electron chi connectivity index (χ0n) is 14.2. The molecule has 2 aromatic rings. The fourth-order valence-corrected chi connectivity index (χ4v) is 2.57. The maximum absolute atomic E-state index is 11.2. The average molecular weight is 350 g/mol. The molecule has 1 heterocycles. The van der Waals surface area contributed by atoms with E-state index in [2.05, 4.69) is 10.1 Å². The summed E-state index contributed by atoms with van der Waals surface area (Å²) in [6.45, 7) is 3.33. The minimum absolute atomic E-state index is 0.0444. The molecule has 1 aliphatic heterocycles. The highest BCUT2D eigenvalue weighted by atomic mass is 16.6. The van der Waals surface area contributed by atoms with Crippen molar-refractivity contribution in [2.24, 2.45) is 5.16 Å². The highest BCUT2D eigenvalue weighted by Gasteiger charge is 2.18. The zero-order chi connectivity index (χ0) is 18.4. The molecule has 0 aromatic heterocycles. The van der Waals surface area contributed by atoms with Crippen LogP contribution in [-0.2, 0) is 6.42 Å². The largest absolute Gasteiger partial charge is 0.348 e. The number of oxime groups is 1. The Morgan fingerprint density at radius 1 is 1.27 bits per heavy atom. The van der Waals surface area contributed by atoms with Gasteiger partial charge in [-0.3, -0.25) is 10.1 Å². The average Bonchev–Trinajstić information content (AvgIpc) is 3.47. The van der Waals surface area contributed by atoms with Crippen LogP contribution in [0.3, 0.4) is 0 Å². The Hall–Kier alpha value is -3.24. The summed E-state index contributed by atoms with van der Waals surface area (Å²) in [5.41, 5.74) is 1.42. The van der Waals surface area contributed by atoms with Gasteiger partial charge in [-0.15, -0.1) is 0 Å². The quantitative estimate of drug-likeness (QED) is 0.316. The standard InChI is InChI=1S/C19H18N4O3/c20-14-17(16-6-2-1-3-7-16)21-26-19-13-15(5-4-10-22-11-12-22)8-9-18(19)23(24)25/h1-3,6-9,13H,4-5,10-12H2/b21-17+. The van der Waals surface area contributed by atoms with Crippen LogP contribution in [-0.4, -0.2) is 35.2 Å². The molecule has 0 saturated carbocycles. The van der Waals surface area contributed by atoms with Crippen LogP contribution in [0.5, 0.6) is 5.75 Å². The van der Waals surface area contributed by atoms with Crippen LogP contribution < -0.4 is 4.84 Å².